The molecular weight excluding hydrogens is 392 g/mol. The summed E-state index contributed by atoms with van der Waals surface area (Å²) in [6.07, 6.45) is 3.15. The summed E-state index contributed by atoms with van der Waals surface area (Å²) in [5.74, 6) is 2.65. The van der Waals surface area contributed by atoms with Gasteiger partial charge in [-0.05, 0) is 49.4 Å². The van der Waals surface area contributed by atoms with E-state index >= 15 is 0 Å². The second-order valence-electron chi connectivity index (χ2n) is 8.64. The average molecular weight is 414 g/mol. The minimum absolute atomic E-state index is 0.146. The van der Waals surface area contributed by atoms with E-state index in [9.17, 15) is 4.79 Å². The van der Waals surface area contributed by atoms with Gasteiger partial charge in [0.25, 0.3) is 5.56 Å². The van der Waals surface area contributed by atoms with Gasteiger partial charge in [0.2, 0.25) is 5.89 Å². The molecule has 1 aromatic carbocycles. The number of hydrogen-bond acceptors (Lipinski definition) is 7. The number of pyridine rings is 1. The Balaban J connectivity index is 1.17. The van der Waals surface area contributed by atoms with Crippen LogP contribution in [0.1, 0.15) is 28.8 Å². The predicted molar refractivity (Wildman–Crippen MR) is 115 cm³/mol. The summed E-state index contributed by atoms with van der Waals surface area (Å²) in [5.41, 5.74) is 3.71. The molecule has 1 saturated carbocycles. The van der Waals surface area contributed by atoms with E-state index in [0.717, 1.165) is 24.5 Å². The number of nitrogens with zero attached hydrogens (tertiary/aromatic N) is 6. The van der Waals surface area contributed by atoms with Crippen LogP contribution in [0.4, 0.5) is 5.69 Å². The van der Waals surface area contributed by atoms with Gasteiger partial charge in [-0.15, -0.1) is 0 Å². The van der Waals surface area contributed by atoms with Gasteiger partial charge in [0.1, 0.15) is 12.9 Å². The summed E-state index contributed by atoms with van der Waals surface area (Å²) in [4.78, 5) is 28.4. The van der Waals surface area contributed by atoms with Gasteiger partial charge in [-0.25, -0.2) is 9.97 Å². The normalized spacial score (nSPS) is 22.1. The van der Waals surface area contributed by atoms with Crippen LogP contribution in [0.3, 0.4) is 0 Å². The summed E-state index contributed by atoms with van der Waals surface area (Å²) in [6, 6.07) is 10.5. The van der Waals surface area contributed by atoms with Crippen LogP contribution < -0.4 is 10.5 Å². The lowest BCUT2D eigenvalue weighted by atomic mass is 10.2. The van der Waals surface area contributed by atoms with Crippen molar-refractivity contribution in [1.82, 2.24) is 24.7 Å². The number of rotatable bonds is 4. The van der Waals surface area contributed by atoms with Crippen LogP contribution in [0.5, 0.6) is 0 Å². The zero-order chi connectivity index (χ0) is 21.1. The Morgan fingerprint density at radius 3 is 2.61 bits per heavy atom. The van der Waals surface area contributed by atoms with Crippen molar-refractivity contribution >= 4 is 16.7 Å². The number of piperidine rings is 1. The van der Waals surface area contributed by atoms with E-state index in [1.807, 2.05) is 13.0 Å². The van der Waals surface area contributed by atoms with E-state index in [4.69, 9.17) is 4.52 Å². The fourth-order valence-corrected chi connectivity index (χ4v) is 4.83. The first kappa shape index (κ1) is 18.2. The van der Waals surface area contributed by atoms with Gasteiger partial charge in [0.15, 0.2) is 11.5 Å². The first-order valence-electron chi connectivity index (χ1n) is 10.5. The quantitative estimate of drug-likeness (QED) is 0.507. The minimum atomic E-state index is -0.146. The molecule has 4 heterocycles. The van der Waals surface area contributed by atoms with E-state index in [2.05, 4.69) is 56.2 Å². The molecule has 1 saturated heterocycles. The van der Waals surface area contributed by atoms with Crippen LogP contribution in [-0.4, -0.2) is 37.8 Å². The van der Waals surface area contributed by atoms with Crippen LogP contribution in [0.2, 0.25) is 0 Å². The molecule has 1 aliphatic heterocycles. The highest BCUT2D eigenvalue weighted by Crippen LogP contribution is 2.57. The van der Waals surface area contributed by atoms with Gasteiger partial charge in [-0.1, -0.05) is 22.9 Å². The standard InChI is InChI=1S/C23H22N6O2/c1-13-3-5-15(6-4-13)28-9-16-17(10-28)20(16)22-26-18(31-27-22)11-29-12-25-21-19(23(29)30)14(2)7-8-24-21/h3-8,12,16-17,20H,9-11H2,1-2H3/t16-,17+,20?. The molecular formula is C23H22N6O2. The van der Waals surface area contributed by atoms with Crippen LogP contribution in [0.15, 0.2) is 52.2 Å². The molecule has 6 rings (SSSR count). The molecule has 156 valence electrons. The second kappa shape index (κ2) is 6.73. The van der Waals surface area contributed by atoms with E-state index in [1.165, 1.54) is 22.1 Å². The largest absolute Gasteiger partial charge is 0.371 e. The fraction of sp³-hybridized carbons (Fsp3) is 0.348. The van der Waals surface area contributed by atoms with Crippen LogP contribution >= 0.6 is 0 Å². The summed E-state index contributed by atoms with van der Waals surface area (Å²) >= 11 is 0. The van der Waals surface area contributed by atoms with Crippen LogP contribution in [0.25, 0.3) is 11.0 Å². The van der Waals surface area contributed by atoms with Crippen molar-refractivity contribution in [3.05, 3.63) is 76.1 Å². The van der Waals surface area contributed by atoms with Crippen LogP contribution in [0, 0.1) is 25.7 Å². The van der Waals surface area contributed by atoms with Crippen LogP contribution in [-0.2, 0) is 6.54 Å². The molecule has 31 heavy (non-hydrogen) atoms. The molecule has 1 unspecified atom stereocenters. The number of aromatic nitrogens is 5. The van der Waals surface area contributed by atoms with Crippen molar-refractivity contribution in [3.63, 3.8) is 0 Å². The average Bonchev–Trinajstić information content (AvgIpc) is 3.09. The predicted octanol–water partition coefficient (Wildman–Crippen LogP) is 2.69. The molecule has 0 bridgehead atoms. The van der Waals surface area contributed by atoms with Gasteiger partial charge >= 0.3 is 0 Å². The maximum absolute atomic E-state index is 12.8. The topological polar surface area (TPSA) is 89.9 Å². The Morgan fingerprint density at radius 1 is 1.06 bits per heavy atom. The summed E-state index contributed by atoms with van der Waals surface area (Å²) in [6.45, 7) is 6.23. The smallest absolute Gasteiger partial charge is 0.263 e. The summed E-state index contributed by atoms with van der Waals surface area (Å²) < 4.78 is 6.98. The van der Waals surface area contributed by atoms with Crippen molar-refractivity contribution in [1.29, 1.82) is 0 Å². The summed E-state index contributed by atoms with van der Waals surface area (Å²) in [5, 5.41) is 4.75. The summed E-state index contributed by atoms with van der Waals surface area (Å²) in [7, 11) is 0. The van der Waals surface area contributed by atoms with Crippen molar-refractivity contribution < 1.29 is 4.52 Å². The first-order valence-corrected chi connectivity index (χ1v) is 10.5. The molecule has 1 aliphatic carbocycles. The Kier molecular flexibility index (Phi) is 3.96. The second-order valence-corrected chi connectivity index (χ2v) is 8.64. The Bertz CT molecular complexity index is 1330. The molecule has 3 aromatic heterocycles. The SMILES string of the molecule is Cc1ccc(N2C[C@@H]3C(c4noc(Cn5cnc6nccc(C)c6c5=O)n4)[C@@H]3C2)cc1. The Hall–Kier alpha value is -3.55. The van der Waals surface area contributed by atoms with Crippen molar-refractivity contribution in [2.45, 2.75) is 26.3 Å². The molecule has 0 amide bonds. The van der Waals surface area contributed by atoms with E-state index in [0.29, 0.717) is 34.7 Å². The van der Waals surface area contributed by atoms with Crippen molar-refractivity contribution in [2.75, 3.05) is 18.0 Å². The Labute approximate surface area is 178 Å². The van der Waals surface area contributed by atoms with Gasteiger partial charge < -0.3 is 9.42 Å². The van der Waals surface area contributed by atoms with Crippen molar-refractivity contribution in [3.8, 4) is 0 Å². The highest BCUT2D eigenvalue weighted by molar-refractivity contribution is 5.76. The van der Waals surface area contributed by atoms with Gasteiger partial charge in [0, 0.05) is 30.9 Å². The molecule has 0 N–H and O–H groups in total. The molecule has 2 aliphatic rings. The molecule has 8 heteroatoms. The molecule has 2 fully saturated rings. The molecule has 3 atom stereocenters. The lowest BCUT2D eigenvalue weighted by molar-refractivity contribution is 0.363. The van der Waals surface area contributed by atoms with E-state index < -0.39 is 0 Å². The number of fused-ring (bicyclic) bond motifs is 2. The molecule has 0 spiro atoms. The van der Waals surface area contributed by atoms with Gasteiger partial charge in [-0.3, -0.25) is 9.36 Å². The molecule has 0 radical (unpaired) electrons. The third-order valence-corrected chi connectivity index (χ3v) is 6.61. The highest BCUT2D eigenvalue weighted by Gasteiger charge is 2.58. The van der Waals surface area contributed by atoms with E-state index in [1.54, 1.807) is 6.20 Å². The number of hydrogen-bond donors (Lipinski definition) is 0. The maximum Gasteiger partial charge on any atom is 0.263 e. The molecule has 4 aromatic rings. The lowest BCUT2D eigenvalue weighted by Crippen LogP contribution is -2.23. The minimum Gasteiger partial charge on any atom is -0.371 e. The number of benzene rings is 1. The lowest BCUT2D eigenvalue weighted by Gasteiger charge is -2.21. The zero-order valence-corrected chi connectivity index (χ0v) is 17.4. The number of aryl methyl sites for hydroxylation is 2. The Morgan fingerprint density at radius 2 is 1.84 bits per heavy atom. The van der Waals surface area contributed by atoms with E-state index in [-0.39, 0.29) is 12.1 Å². The van der Waals surface area contributed by atoms with Gasteiger partial charge in [0.05, 0.1) is 5.39 Å². The number of anilines is 1. The van der Waals surface area contributed by atoms with Gasteiger partial charge in [-0.2, -0.15) is 4.98 Å². The first-order chi connectivity index (χ1) is 15.1. The fourth-order valence-electron chi connectivity index (χ4n) is 4.83. The van der Waals surface area contributed by atoms with Crippen molar-refractivity contribution in [2.24, 2.45) is 11.8 Å². The monoisotopic (exact) mass is 414 g/mol. The third-order valence-electron chi connectivity index (χ3n) is 6.61. The molecule has 8 nitrogen and oxygen atoms in total. The zero-order valence-electron chi connectivity index (χ0n) is 17.4. The highest BCUT2D eigenvalue weighted by atomic mass is 16.5. The third kappa shape index (κ3) is 3.01. The maximum atomic E-state index is 12.8.